The molecule has 120 valence electrons. The second kappa shape index (κ2) is 7.01. The summed E-state index contributed by atoms with van der Waals surface area (Å²) in [6.07, 6.45) is 3.40. The first-order valence-corrected chi connectivity index (χ1v) is 8.15. The van der Waals surface area contributed by atoms with Crippen molar-refractivity contribution in [1.82, 2.24) is 4.90 Å². The third-order valence-electron chi connectivity index (χ3n) is 4.26. The number of morpholine rings is 1. The van der Waals surface area contributed by atoms with Crippen LogP contribution in [0.3, 0.4) is 0 Å². The van der Waals surface area contributed by atoms with Crippen molar-refractivity contribution in [2.45, 2.75) is 32.2 Å². The van der Waals surface area contributed by atoms with Crippen LogP contribution in [0.1, 0.15) is 26.2 Å². The number of carbonyl (C=O) groups excluding carboxylic acids is 1. The highest BCUT2D eigenvalue weighted by Crippen LogP contribution is 2.31. The van der Waals surface area contributed by atoms with Gasteiger partial charge in [-0.3, -0.25) is 0 Å². The van der Waals surface area contributed by atoms with Crippen molar-refractivity contribution in [3.8, 4) is 5.75 Å². The number of para-hydroxylation sites is 2. The van der Waals surface area contributed by atoms with Crippen molar-refractivity contribution in [2.75, 3.05) is 31.7 Å². The molecule has 0 aromatic heterocycles. The number of amides is 2. The Morgan fingerprint density at radius 1 is 1.41 bits per heavy atom. The van der Waals surface area contributed by atoms with Gasteiger partial charge in [-0.05, 0) is 37.3 Å². The molecule has 1 saturated carbocycles. The Morgan fingerprint density at radius 3 is 3.00 bits per heavy atom. The molecule has 5 nitrogen and oxygen atoms in total. The van der Waals surface area contributed by atoms with Gasteiger partial charge in [0.2, 0.25) is 0 Å². The van der Waals surface area contributed by atoms with Crippen molar-refractivity contribution >= 4 is 11.7 Å². The molecule has 1 saturated heterocycles. The summed E-state index contributed by atoms with van der Waals surface area (Å²) in [6.45, 7) is 4.66. The van der Waals surface area contributed by atoms with Crippen molar-refractivity contribution in [2.24, 2.45) is 5.92 Å². The van der Waals surface area contributed by atoms with Gasteiger partial charge in [0.15, 0.2) is 0 Å². The van der Waals surface area contributed by atoms with E-state index in [1.54, 1.807) is 0 Å². The minimum absolute atomic E-state index is 0.0716. The number of nitrogens with one attached hydrogen (secondary N) is 1. The van der Waals surface area contributed by atoms with E-state index in [-0.39, 0.29) is 12.1 Å². The van der Waals surface area contributed by atoms with Gasteiger partial charge >= 0.3 is 6.03 Å². The van der Waals surface area contributed by atoms with Gasteiger partial charge in [-0.1, -0.05) is 19.1 Å². The molecule has 1 aromatic carbocycles. The van der Waals surface area contributed by atoms with E-state index < -0.39 is 0 Å². The number of nitrogens with zero attached hydrogens (tertiary/aromatic N) is 1. The number of benzene rings is 1. The second-order valence-electron chi connectivity index (χ2n) is 6.01. The van der Waals surface area contributed by atoms with Crippen molar-refractivity contribution < 1.29 is 14.3 Å². The highest BCUT2D eigenvalue weighted by atomic mass is 16.5. The van der Waals surface area contributed by atoms with Gasteiger partial charge in [-0.2, -0.15) is 0 Å². The van der Waals surface area contributed by atoms with Gasteiger partial charge in [0.25, 0.3) is 0 Å². The summed E-state index contributed by atoms with van der Waals surface area (Å²) in [5, 5.41) is 3.00. The predicted molar refractivity (Wildman–Crippen MR) is 85.3 cm³/mol. The van der Waals surface area contributed by atoms with E-state index in [1.165, 1.54) is 12.8 Å². The van der Waals surface area contributed by atoms with Gasteiger partial charge in [-0.15, -0.1) is 0 Å². The number of hydrogen-bond acceptors (Lipinski definition) is 3. The van der Waals surface area contributed by atoms with E-state index in [9.17, 15) is 4.79 Å². The highest BCUT2D eigenvalue weighted by Gasteiger charge is 2.27. The maximum absolute atomic E-state index is 12.5. The minimum atomic E-state index is -0.0716. The van der Waals surface area contributed by atoms with Crippen LogP contribution < -0.4 is 10.1 Å². The second-order valence-corrected chi connectivity index (χ2v) is 6.01. The third kappa shape index (κ3) is 3.71. The standard InChI is InChI=1S/C17H24N2O3/c1-2-14-12-21-10-9-19(14)17(20)18-15-5-3-4-6-16(15)22-11-13-7-8-13/h3-6,13-14H,2,7-12H2,1H3,(H,18,20)/t14-/m1/s1. The molecule has 1 aliphatic heterocycles. The van der Waals surface area contributed by atoms with Gasteiger partial charge in [0.1, 0.15) is 5.75 Å². The fourth-order valence-electron chi connectivity index (χ4n) is 2.64. The molecule has 2 aliphatic rings. The molecule has 1 aliphatic carbocycles. The molecule has 1 atom stereocenters. The van der Waals surface area contributed by atoms with E-state index >= 15 is 0 Å². The highest BCUT2D eigenvalue weighted by molar-refractivity contribution is 5.91. The van der Waals surface area contributed by atoms with Gasteiger partial charge < -0.3 is 19.7 Å². The molecule has 5 heteroatoms. The van der Waals surface area contributed by atoms with E-state index in [0.29, 0.717) is 25.7 Å². The molecule has 0 spiro atoms. The average Bonchev–Trinajstić information content (AvgIpc) is 3.38. The first kappa shape index (κ1) is 15.2. The minimum Gasteiger partial charge on any atom is -0.491 e. The van der Waals surface area contributed by atoms with Gasteiger partial charge in [0, 0.05) is 6.54 Å². The first-order valence-electron chi connectivity index (χ1n) is 8.15. The summed E-state index contributed by atoms with van der Waals surface area (Å²) >= 11 is 0. The molecule has 22 heavy (non-hydrogen) atoms. The number of anilines is 1. The Bertz CT molecular complexity index is 516. The molecule has 2 fully saturated rings. The van der Waals surface area contributed by atoms with Gasteiger partial charge in [-0.25, -0.2) is 4.79 Å². The van der Waals surface area contributed by atoms with Crippen molar-refractivity contribution in [3.05, 3.63) is 24.3 Å². The lowest BCUT2D eigenvalue weighted by molar-refractivity contribution is 0.0143. The Balaban J connectivity index is 1.64. The topological polar surface area (TPSA) is 50.8 Å². The molecule has 1 N–H and O–H groups in total. The molecule has 0 bridgehead atoms. The van der Waals surface area contributed by atoms with Crippen molar-refractivity contribution in [3.63, 3.8) is 0 Å². The number of rotatable bonds is 5. The summed E-state index contributed by atoms with van der Waals surface area (Å²) in [5.41, 5.74) is 0.745. The van der Waals surface area contributed by atoms with Crippen LogP contribution in [0.4, 0.5) is 10.5 Å². The predicted octanol–water partition coefficient (Wildman–Crippen LogP) is 3.12. The van der Waals surface area contributed by atoms with E-state index in [1.807, 2.05) is 29.2 Å². The zero-order chi connectivity index (χ0) is 15.4. The van der Waals surface area contributed by atoms with Crippen LogP contribution >= 0.6 is 0 Å². The normalized spacial score (nSPS) is 21.5. The average molecular weight is 304 g/mol. The van der Waals surface area contributed by atoms with E-state index in [4.69, 9.17) is 9.47 Å². The molecule has 0 radical (unpaired) electrons. The number of ether oxygens (including phenoxy) is 2. The summed E-state index contributed by atoms with van der Waals surface area (Å²) in [4.78, 5) is 14.4. The third-order valence-corrected chi connectivity index (χ3v) is 4.26. The number of hydrogen-bond donors (Lipinski definition) is 1. The lowest BCUT2D eigenvalue weighted by Crippen LogP contribution is -2.50. The molecular formula is C17H24N2O3. The fraction of sp³-hybridized carbons (Fsp3) is 0.588. The van der Waals surface area contributed by atoms with Crippen molar-refractivity contribution in [1.29, 1.82) is 0 Å². The Morgan fingerprint density at radius 2 is 2.23 bits per heavy atom. The SMILES string of the molecule is CC[C@@H]1COCCN1C(=O)Nc1ccccc1OCC1CC1. The molecule has 1 aromatic rings. The summed E-state index contributed by atoms with van der Waals surface area (Å²) < 4.78 is 11.3. The Kier molecular flexibility index (Phi) is 4.83. The van der Waals surface area contributed by atoms with Gasteiger partial charge in [0.05, 0.1) is 31.5 Å². The van der Waals surface area contributed by atoms with Crippen LogP contribution in [-0.2, 0) is 4.74 Å². The lowest BCUT2D eigenvalue weighted by Gasteiger charge is -2.35. The molecule has 3 rings (SSSR count). The number of carbonyl (C=O) groups is 1. The lowest BCUT2D eigenvalue weighted by atomic mass is 10.2. The number of urea groups is 1. The maximum atomic E-state index is 12.5. The Hall–Kier alpha value is -1.75. The summed E-state index contributed by atoms with van der Waals surface area (Å²) in [5.74, 6) is 1.44. The van der Waals surface area contributed by atoms with Crippen LogP contribution in [0.15, 0.2) is 24.3 Å². The van der Waals surface area contributed by atoms with E-state index in [0.717, 1.165) is 24.5 Å². The maximum Gasteiger partial charge on any atom is 0.322 e. The molecule has 2 amide bonds. The fourth-order valence-corrected chi connectivity index (χ4v) is 2.64. The van der Waals surface area contributed by atoms with Crippen LogP contribution in [-0.4, -0.2) is 43.3 Å². The summed E-state index contributed by atoms with van der Waals surface area (Å²) in [7, 11) is 0. The largest absolute Gasteiger partial charge is 0.491 e. The molecular weight excluding hydrogens is 280 g/mol. The van der Waals surface area contributed by atoms with Crippen LogP contribution in [0.2, 0.25) is 0 Å². The van der Waals surface area contributed by atoms with Crippen LogP contribution in [0.5, 0.6) is 5.75 Å². The monoisotopic (exact) mass is 304 g/mol. The zero-order valence-electron chi connectivity index (χ0n) is 13.1. The van der Waals surface area contributed by atoms with Crippen LogP contribution in [0.25, 0.3) is 0 Å². The van der Waals surface area contributed by atoms with E-state index in [2.05, 4.69) is 12.2 Å². The zero-order valence-corrected chi connectivity index (χ0v) is 13.1. The Labute approximate surface area is 131 Å². The van der Waals surface area contributed by atoms with Crippen LogP contribution in [0, 0.1) is 5.92 Å². The smallest absolute Gasteiger partial charge is 0.322 e. The summed E-state index contributed by atoms with van der Waals surface area (Å²) in [6, 6.07) is 7.72. The molecule has 0 unspecified atom stereocenters. The molecule has 1 heterocycles. The first-order chi connectivity index (χ1) is 10.8. The quantitative estimate of drug-likeness (QED) is 0.909.